The topological polar surface area (TPSA) is 363 Å². The van der Waals surface area contributed by atoms with Gasteiger partial charge in [-0.05, 0) is 138 Å². The Morgan fingerprint density at radius 2 is 0.698 bits per heavy atom. The summed E-state index contributed by atoms with van der Waals surface area (Å²) < 4.78 is 123. The predicted octanol–water partition coefficient (Wildman–Crippen LogP) is 19.7. The van der Waals surface area contributed by atoms with Crippen LogP contribution in [0.3, 0.4) is 0 Å². The molecule has 720 valence electrons. The highest BCUT2D eigenvalue weighted by molar-refractivity contribution is 6.40. The minimum atomic E-state index is -1.88. The Bertz CT molecular complexity index is 7190. The molecule has 3 aromatic carbocycles. The molecule has 9 aromatic heterocycles. The van der Waals surface area contributed by atoms with Crippen molar-refractivity contribution in [2.75, 3.05) is 84.3 Å². The molecule has 0 aliphatic carbocycles. The molecule has 42 heteroatoms. The number of nitrogens with zero attached hydrogens (tertiary/aromatic N) is 18. The smallest absolute Gasteiger partial charge is 0.276 e. The van der Waals surface area contributed by atoms with E-state index >= 15 is 13.2 Å². The van der Waals surface area contributed by atoms with Crippen molar-refractivity contribution in [3.63, 3.8) is 0 Å². The molecule has 15 rings (SSSR count). The number of benzene rings is 3. The second-order valence-corrected chi connectivity index (χ2v) is 37.0. The summed E-state index contributed by atoms with van der Waals surface area (Å²) in [5.41, 5.74) is 14.1. The molecule has 0 saturated carbocycles. The fourth-order valence-corrected chi connectivity index (χ4v) is 19.7. The molecule has 0 bridgehead atoms. The van der Waals surface area contributed by atoms with Gasteiger partial charge in [-0.1, -0.05) is 142 Å². The Kier molecular flexibility index (Phi) is 30.0. The van der Waals surface area contributed by atoms with E-state index in [4.69, 9.17) is 103 Å². The third kappa shape index (κ3) is 18.0. The maximum atomic E-state index is 15.6. The molecule has 12 aromatic rings. The Balaban J connectivity index is 0.000000176. The summed E-state index contributed by atoms with van der Waals surface area (Å²) in [6.07, 6.45) is 8.45. The van der Waals surface area contributed by atoms with Gasteiger partial charge >= 0.3 is 0 Å². The number of nitriles is 3. The lowest BCUT2D eigenvalue weighted by molar-refractivity contribution is -0.131. The Morgan fingerprint density at radius 1 is 0.403 bits per heavy atom. The molecule has 3 aliphatic rings. The third-order valence-corrected chi connectivity index (χ3v) is 26.7. The van der Waals surface area contributed by atoms with E-state index in [9.17, 15) is 66.5 Å². The highest BCUT2D eigenvalue weighted by atomic mass is 35.5. The second-order valence-electron chi connectivity index (χ2n) is 34.3. The Morgan fingerprint density at radius 3 is 1.02 bits per heavy atom. The molecule has 6 N–H and O–H groups in total. The van der Waals surface area contributed by atoms with E-state index in [1.165, 1.54) is 50.1 Å². The van der Waals surface area contributed by atoms with Crippen LogP contribution in [0.5, 0.6) is 0 Å². The molecule has 3 fully saturated rings. The van der Waals surface area contributed by atoms with Crippen LogP contribution in [0.25, 0.3) is 83.9 Å². The molecule has 0 radical (unpaired) electrons. The van der Waals surface area contributed by atoms with Crippen molar-refractivity contribution >= 4 is 166 Å². The molecule has 3 saturated heterocycles. The normalized spacial score (nSPS) is 15.5. The van der Waals surface area contributed by atoms with Gasteiger partial charge in [0.1, 0.15) is 61.9 Å². The fraction of sp³-hybridized carbons (Fsp3) is 0.289. The molecule has 4 atom stereocenters. The monoisotopic (exact) mass is 2040 g/mol. The number of fused-ring (bicyclic) bond motifs is 3. The van der Waals surface area contributed by atoms with Crippen molar-refractivity contribution in [1.82, 2.24) is 58.3 Å². The van der Waals surface area contributed by atoms with E-state index in [2.05, 4.69) is 56.8 Å². The van der Waals surface area contributed by atoms with Crippen molar-refractivity contribution in [1.29, 1.82) is 15.8 Å². The Labute approximate surface area is 825 Å². The third-order valence-electron chi connectivity index (χ3n) is 24.4. The summed E-state index contributed by atoms with van der Waals surface area (Å²) in [6, 6.07) is 14.1. The van der Waals surface area contributed by atoms with Gasteiger partial charge in [-0.25, -0.2) is 50.1 Å². The van der Waals surface area contributed by atoms with Crippen LogP contribution in [0.4, 0.5) is 69.2 Å². The SMILES string of the molecule is C=CC(=O)N1CCN(c2c(C#N)c(=O)n(-c3c(C)ccnc3C(C)C)c3nc(-c4c(N)c(F)c(F)c(Cl)c4F)c(Cl)cc23)CC1.C=CC(=O)N1[C@H](C)CN(c2c(C#N)c(=O)n(-c3c(C)ccnc3C(C)C)c3nc(-c4c(F)c(Cl)c(F)c(N)c4Cl)c(Cl)cc23)C[C@@H]1C.C=CC(=O)N1[C@H](C)CN(c2c(C#N)c(=O)n(-c3c(C)ccnc3C(C)C)c3nc(-c4c(F)c(F)c(F)c(N)c4Cl)c(Cl)cc23)C[C@@H]1C. The number of pyridine rings is 9. The van der Waals surface area contributed by atoms with Crippen LogP contribution >= 0.6 is 81.2 Å². The van der Waals surface area contributed by atoms with Crippen LogP contribution in [0, 0.1) is 101 Å². The van der Waals surface area contributed by atoms with Crippen LogP contribution in [0.2, 0.25) is 35.2 Å². The van der Waals surface area contributed by atoms with E-state index in [1.54, 1.807) is 82.1 Å². The minimum absolute atomic E-state index is 0.000731. The summed E-state index contributed by atoms with van der Waals surface area (Å²) in [5.74, 6) is -13.7. The maximum absolute atomic E-state index is 15.6. The first-order valence-electron chi connectivity index (χ1n) is 43.0. The quantitative estimate of drug-likeness (QED) is 0.0282. The standard InChI is InChI=1S/C33H30Cl3F2N7O2.C33H30Cl2F3N7O2.C31H26Cl2F3N7O2/c1-7-21(46)44-16(5)12-43(13-17(44)6)31-18-10-20(34)29(22-23(35)27(40)26(38)24(36)25(22)37)42-32(18)45(33(47)19(31)11-39)30-15(4)8-9-41-28(30)14(2)3;1-7-21(46)44-16(5)12-43(13-17(44)6)31-18-10-20(34)29(22-23(35)27(40)26(38)25(37)24(22)36)42-32(18)45(33(47)19(31)11-39)30-15(4)8-9-41-28(30)14(2)3;1-5-19(44)41-8-10-42(11-9-41)29-16-12-18(32)27(20-22(34)21(33)23(35)24(36)25(20)38)40-30(16)43(31(45)17(29)13-37)28-15(4)6-7-39-26(28)14(2)3/h2*7-10,14,16-17H,1,12-13,40H2,2-6H3;5-7,12,14H,1,8-11,38H2,2-4H3/t2*16-,17+;. The number of halogens is 15. The highest BCUT2D eigenvalue weighted by Crippen LogP contribution is 2.49. The van der Waals surface area contributed by atoms with Gasteiger partial charge in [0.2, 0.25) is 17.7 Å². The molecule has 27 nitrogen and oxygen atoms in total. The number of amides is 3. The number of anilines is 6. The van der Waals surface area contributed by atoms with Gasteiger partial charge in [0.15, 0.2) is 46.5 Å². The summed E-state index contributed by atoms with van der Waals surface area (Å²) >= 11 is 44.5. The Hall–Kier alpha value is -13.4. The molecule has 139 heavy (non-hydrogen) atoms. The summed E-state index contributed by atoms with van der Waals surface area (Å²) in [5, 5.41) is 28.3. The second kappa shape index (κ2) is 40.5. The first-order valence-corrected chi connectivity index (χ1v) is 45.7. The molecule has 0 unspecified atom stereocenters. The lowest BCUT2D eigenvalue weighted by Crippen LogP contribution is -2.58. The van der Waals surface area contributed by atoms with Crippen LogP contribution in [0.1, 0.15) is 137 Å². The van der Waals surface area contributed by atoms with Crippen LogP contribution in [0.15, 0.2) is 107 Å². The number of piperazine rings is 3. The van der Waals surface area contributed by atoms with Gasteiger partial charge < -0.3 is 46.6 Å². The average molecular weight is 2040 g/mol. The number of aromatic nitrogens is 9. The zero-order chi connectivity index (χ0) is 102. The molecule has 0 spiro atoms. The zero-order valence-corrected chi connectivity index (χ0v) is 81.9. The summed E-state index contributed by atoms with van der Waals surface area (Å²) in [7, 11) is 0. The highest BCUT2D eigenvalue weighted by Gasteiger charge is 2.41. The first kappa shape index (κ1) is 103. The van der Waals surface area contributed by atoms with Crippen molar-refractivity contribution in [2.45, 2.75) is 132 Å². The van der Waals surface area contributed by atoms with Gasteiger partial charge in [-0.2, -0.15) is 15.8 Å². The van der Waals surface area contributed by atoms with Crippen LogP contribution in [-0.2, 0) is 14.4 Å². The number of hydrogen-bond acceptors (Lipinski definition) is 21. The van der Waals surface area contributed by atoms with E-state index in [-0.39, 0.29) is 200 Å². The molecule has 3 amide bonds. The number of nitrogen functional groups attached to an aromatic ring is 3. The number of rotatable bonds is 15. The molecular formula is C97H86Cl7F8N21O6. The minimum Gasteiger partial charge on any atom is -0.396 e. The largest absolute Gasteiger partial charge is 0.396 e. The number of carbonyl (C=O) groups is 3. The maximum Gasteiger partial charge on any atom is 0.276 e. The van der Waals surface area contributed by atoms with E-state index < -0.39 is 128 Å². The van der Waals surface area contributed by atoms with Crippen LogP contribution in [-0.4, -0.2) is 153 Å². The number of carbonyl (C=O) groups excluding carboxylic acids is 3. The predicted molar refractivity (Wildman–Crippen MR) is 526 cm³/mol. The van der Waals surface area contributed by atoms with Crippen molar-refractivity contribution < 1.29 is 49.5 Å². The summed E-state index contributed by atoms with van der Waals surface area (Å²) in [6.45, 7) is 36.6. The van der Waals surface area contributed by atoms with Crippen molar-refractivity contribution in [3.8, 4) is 69.0 Å². The van der Waals surface area contributed by atoms with Crippen molar-refractivity contribution in [3.05, 3.63) is 256 Å². The molecule has 12 heterocycles. The molecular weight excluding hydrogens is 1960 g/mol. The number of aryl methyl sites for hydroxylation is 3. The van der Waals surface area contributed by atoms with Gasteiger partial charge in [-0.3, -0.25) is 57.4 Å². The van der Waals surface area contributed by atoms with E-state index in [0.717, 1.165) is 0 Å². The van der Waals surface area contributed by atoms with Crippen molar-refractivity contribution in [2.24, 2.45) is 0 Å². The number of hydrogen-bond donors (Lipinski definition) is 3. The van der Waals surface area contributed by atoms with E-state index in [1.807, 2.05) is 80.2 Å². The zero-order valence-electron chi connectivity index (χ0n) is 76.6. The first-order chi connectivity index (χ1) is 65.6. The van der Waals surface area contributed by atoms with Gasteiger partial charge in [-0.15, -0.1) is 0 Å². The average Bonchev–Trinajstić information content (AvgIpc) is 0.726. The van der Waals surface area contributed by atoms with Gasteiger partial charge in [0.25, 0.3) is 16.7 Å². The van der Waals surface area contributed by atoms with Gasteiger partial charge in [0, 0.05) is 111 Å². The number of nitrogens with two attached hydrogens (primary N) is 3. The van der Waals surface area contributed by atoms with Crippen LogP contribution < -0.4 is 48.6 Å². The molecule has 3 aliphatic heterocycles. The van der Waals surface area contributed by atoms with Gasteiger partial charge in [0.05, 0.1) is 127 Å². The lowest BCUT2D eigenvalue weighted by atomic mass is 10.0. The van der Waals surface area contributed by atoms with E-state index in [0.29, 0.717) is 50.8 Å². The fourth-order valence-electron chi connectivity index (χ4n) is 18.1. The summed E-state index contributed by atoms with van der Waals surface area (Å²) in [4.78, 5) is 119. The lowest BCUT2D eigenvalue weighted by Gasteiger charge is -2.45.